The summed E-state index contributed by atoms with van der Waals surface area (Å²) in [4.78, 5) is 12.8. The van der Waals surface area contributed by atoms with E-state index in [0.717, 1.165) is 11.1 Å². The molecule has 0 spiro atoms. The number of benzene rings is 2. The molecule has 3 aromatic rings. The van der Waals surface area contributed by atoms with Crippen molar-refractivity contribution in [1.29, 1.82) is 0 Å². The number of hydrogen-bond donors (Lipinski definition) is 0. The van der Waals surface area contributed by atoms with Gasteiger partial charge in [-0.2, -0.15) is 0 Å². The second-order valence-corrected chi connectivity index (χ2v) is 7.22. The molecular weight excluding hydrogens is 444 g/mol. The summed E-state index contributed by atoms with van der Waals surface area (Å²) in [6, 6.07) is 11.0. The first kappa shape index (κ1) is 19.0. The highest BCUT2D eigenvalue weighted by Gasteiger charge is 2.17. The number of pyridine rings is 1. The third-order valence-electron chi connectivity index (χ3n) is 3.76. The number of aromatic nitrogens is 1. The van der Waals surface area contributed by atoms with Crippen molar-refractivity contribution in [3.63, 3.8) is 0 Å². The summed E-state index contributed by atoms with van der Waals surface area (Å²) in [5, 5.41) is 0.733. The highest BCUT2D eigenvalue weighted by Crippen LogP contribution is 2.31. The van der Waals surface area contributed by atoms with Gasteiger partial charge in [0.1, 0.15) is 22.6 Å². The summed E-state index contributed by atoms with van der Waals surface area (Å²) >= 11 is 15.7. The lowest BCUT2D eigenvalue weighted by molar-refractivity contribution is 0.300. The van der Waals surface area contributed by atoms with E-state index in [2.05, 4.69) is 15.9 Å². The molecule has 3 nitrogen and oxygen atoms in total. The lowest BCUT2D eigenvalue weighted by Crippen LogP contribution is -2.21. The van der Waals surface area contributed by atoms with Gasteiger partial charge >= 0.3 is 0 Å². The van der Waals surface area contributed by atoms with Crippen LogP contribution in [0.2, 0.25) is 10.0 Å². The third kappa shape index (κ3) is 3.80. The van der Waals surface area contributed by atoms with Gasteiger partial charge in [-0.05, 0) is 52.7 Å². The molecule has 0 N–H and O–H groups in total. The van der Waals surface area contributed by atoms with Gasteiger partial charge in [0.25, 0.3) is 5.56 Å². The van der Waals surface area contributed by atoms with E-state index in [0.29, 0.717) is 21.5 Å². The van der Waals surface area contributed by atoms with Gasteiger partial charge in [0, 0.05) is 11.8 Å². The van der Waals surface area contributed by atoms with E-state index in [4.69, 9.17) is 27.9 Å². The Bertz CT molecular complexity index is 999. The van der Waals surface area contributed by atoms with Gasteiger partial charge in [-0.3, -0.25) is 9.36 Å². The summed E-state index contributed by atoms with van der Waals surface area (Å²) in [5.41, 5.74) is 1.57. The molecule has 7 heteroatoms. The Morgan fingerprint density at radius 3 is 2.35 bits per heavy atom. The molecule has 0 saturated carbocycles. The van der Waals surface area contributed by atoms with Gasteiger partial charge < -0.3 is 4.74 Å². The van der Waals surface area contributed by atoms with Crippen LogP contribution in [0, 0.1) is 12.7 Å². The molecule has 0 aliphatic rings. The largest absolute Gasteiger partial charge is 0.487 e. The number of halogens is 4. The van der Waals surface area contributed by atoms with Crippen molar-refractivity contribution in [2.24, 2.45) is 0 Å². The van der Waals surface area contributed by atoms with E-state index in [1.807, 2.05) is 6.92 Å². The lowest BCUT2D eigenvalue weighted by atomic mass is 10.2. The molecule has 3 rings (SSSR count). The van der Waals surface area contributed by atoms with E-state index >= 15 is 0 Å². The number of ether oxygens (including phenoxy) is 1. The number of para-hydroxylation sites is 1. The van der Waals surface area contributed by atoms with Crippen molar-refractivity contribution in [2.75, 3.05) is 0 Å². The Kier molecular flexibility index (Phi) is 5.70. The predicted octanol–water partition coefficient (Wildman–Crippen LogP) is 5.93. The Labute approximate surface area is 168 Å². The van der Waals surface area contributed by atoms with E-state index in [-0.39, 0.29) is 22.5 Å². The van der Waals surface area contributed by atoms with Gasteiger partial charge in [-0.25, -0.2) is 4.39 Å². The fourth-order valence-corrected chi connectivity index (χ4v) is 3.68. The summed E-state index contributed by atoms with van der Waals surface area (Å²) in [5.74, 6) is 0.101. The number of rotatable bonds is 4. The SMILES string of the molecule is Cc1cn(-c2c(Cl)cccc2Cl)c(=O)c(Br)c1OCc1ccc(F)cc1. The monoisotopic (exact) mass is 455 g/mol. The van der Waals surface area contributed by atoms with Crippen molar-refractivity contribution >= 4 is 39.1 Å². The van der Waals surface area contributed by atoms with Crippen LogP contribution < -0.4 is 10.3 Å². The average molecular weight is 457 g/mol. The zero-order valence-electron chi connectivity index (χ0n) is 13.6. The summed E-state index contributed by atoms with van der Waals surface area (Å²) in [7, 11) is 0. The van der Waals surface area contributed by atoms with E-state index in [9.17, 15) is 9.18 Å². The molecule has 0 amide bonds. The van der Waals surface area contributed by atoms with Crippen molar-refractivity contribution in [3.05, 3.63) is 90.5 Å². The van der Waals surface area contributed by atoms with Gasteiger partial charge in [0.05, 0.1) is 15.7 Å². The van der Waals surface area contributed by atoms with Crippen molar-refractivity contribution in [1.82, 2.24) is 4.57 Å². The molecule has 134 valence electrons. The van der Waals surface area contributed by atoms with Crippen LogP contribution in [0.15, 0.2) is 57.9 Å². The number of nitrogens with zero attached hydrogens (tertiary/aromatic N) is 1. The van der Waals surface area contributed by atoms with Crippen LogP contribution in [0.4, 0.5) is 4.39 Å². The Balaban J connectivity index is 1.98. The zero-order valence-corrected chi connectivity index (χ0v) is 16.7. The first-order chi connectivity index (χ1) is 12.4. The smallest absolute Gasteiger partial charge is 0.273 e. The quantitative estimate of drug-likeness (QED) is 0.486. The fraction of sp³-hybridized carbons (Fsp3) is 0.105. The topological polar surface area (TPSA) is 31.2 Å². The van der Waals surface area contributed by atoms with Crippen molar-refractivity contribution in [3.8, 4) is 11.4 Å². The van der Waals surface area contributed by atoms with Crippen LogP contribution in [0.25, 0.3) is 5.69 Å². The van der Waals surface area contributed by atoms with Gasteiger partial charge in [-0.1, -0.05) is 41.4 Å². The minimum atomic E-state index is -0.347. The fourth-order valence-electron chi connectivity index (χ4n) is 2.49. The maximum Gasteiger partial charge on any atom is 0.273 e. The highest BCUT2D eigenvalue weighted by atomic mass is 79.9. The van der Waals surface area contributed by atoms with Crippen LogP contribution >= 0.6 is 39.1 Å². The van der Waals surface area contributed by atoms with E-state index in [1.165, 1.54) is 16.7 Å². The van der Waals surface area contributed by atoms with E-state index in [1.54, 1.807) is 36.5 Å². The van der Waals surface area contributed by atoms with Crippen LogP contribution in [0.5, 0.6) is 5.75 Å². The first-order valence-corrected chi connectivity index (χ1v) is 9.16. The van der Waals surface area contributed by atoms with Crippen LogP contribution in [-0.2, 0) is 6.61 Å². The Hall–Kier alpha value is -1.82. The third-order valence-corrected chi connectivity index (χ3v) is 5.07. The summed E-state index contributed by atoms with van der Waals surface area (Å²) in [6.45, 7) is 2.02. The minimum absolute atomic E-state index is 0.204. The summed E-state index contributed by atoms with van der Waals surface area (Å²) in [6.07, 6.45) is 1.63. The number of aryl methyl sites for hydroxylation is 1. The molecule has 2 aromatic carbocycles. The van der Waals surface area contributed by atoms with Crippen LogP contribution in [0.3, 0.4) is 0 Å². The average Bonchev–Trinajstić information content (AvgIpc) is 2.60. The van der Waals surface area contributed by atoms with Crippen LogP contribution in [0.1, 0.15) is 11.1 Å². The molecule has 0 radical (unpaired) electrons. The van der Waals surface area contributed by atoms with Gasteiger partial charge in [0.15, 0.2) is 0 Å². The molecule has 0 bridgehead atoms. The van der Waals surface area contributed by atoms with Gasteiger partial charge in [-0.15, -0.1) is 0 Å². The van der Waals surface area contributed by atoms with E-state index < -0.39 is 0 Å². The molecule has 0 atom stereocenters. The molecule has 0 aliphatic carbocycles. The van der Waals surface area contributed by atoms with Gasteiger partial charge in [0.2, 0.25) is 0 Å². The van der Waals surface area contributed by atoms with Crippen LogP contribution in [-0.4, -0.2) is 4.57 Å². The molecule has 1 aromatic heterocycles. The Morgan fingerprint density at radius 2 is 1.73 bits per heavy atom. The predicted molar refractivity (Wildman–Crippen MR) is 105 cm³/mol. The number of hydrogen-bond acceptors (Lipinski definition) is 2. The highest BCUT2D eigenvalue weighted by molar-refractivity contribution is 9.10. The standard InChI is InChI=1S/C19H13BrCl2FNO2/c1-11-9-24(17-14(21)3-2-4-15(17)22)19(25)16(20)18(11)26-10-12-5-7-13(23)8-6-12/h2-9H,10H2,1H3. The molecular formula is C19H13BrCl2FNO2. The second kappa shape index (κ2) is 7.82. The molecule has 0 saturated heterocycles. The Morgan fingerprint density at radius 1 is 1.12 bits per heavy atom. The molecule has 0 fully saturated rings. The van der Waals surface area contributed by atoms with Crippen molar-refractivity contribution in [2.45, 2.75) is 13.5 Å². The molecule has 0 aliphatic heterocycles. The maximum absolute atomic E-state index is 13.0. The van der Waals surface area contributed by atoms with Crippen molar-refractivity contribution < 1.29 is 9.13 Å². The molecule has 26 heavy (non-hydrogen) atoms. The zero-order chi connectivity index (χ0) is 18.8. The molecule has 0 unspecified atom stereocenters. The first-order valence-electron chi connectivity index (χ1n) is 7.62. The summed E-state index contributed by atoms with van der Waals surface area (Å²) < 4.78 is 20.4. The normalized spacial score (nSPS) is 10.8. The molecule has 1 heterocycles. The minimum Gasteiger partial charge on any atom is -0.487 e. The second-order valence-electron chi connectivity index (χ2n) is 5.62. The lowest BCUT2D eigenvalue weighted by Gasteiger charge is -2.16. The maximum atomic E-state index is 13.0.